The van der Waals surface area contributed by atoms with Crippen LogP contribution in [0.2, 0.25) is 0 Å². The number of anilines is 1. The third-order valence-electron chi connectivity index (χ3n) is 5.52. The molecule has 31 heavy (non-hydrogen) atoms. The average Bonchev–Trinajstić information content (AvgIpc) is 3.42. The molecule has 1 unspecified atom stereocenters. The van der Waals surface area contributed by atoms with Crippen LogP contribution >= 0.6 is 11.3 Å². The van der Waals surface area contributed by atoms with E-state index in [0.29, 0.717) is 24.5 Å². The molecule has 8 nitrogen and oxygen atoms in total. The third kappa shape index (κ3) is 4.75. The minimum Gasteiger partial charge on any atom is -0.368 e. The zero-order chi connectivity index (χ0) is 22.0. The molecule has 3 heterocycles. The second kappa shape index (κ2) is 9.11. The van der Waals surface area contributed by atoms with Crippen molar-refractivity contribution in [3.63, 3.8) is 0 Å². The van der Waals surface area contributed by atoms with Crippen molar-refractivity contribution < 1.29 is 14.0 Å². The van der Waals surface area contributed by atoms with Gasteiger partial charge in [-0.05, 0) is 30.7 Å². The number of piperazine rings is 1. The number of aryl methyl sites for hydroxylation is 1. The number of amides is 2. The Balaban J connectivity index is 1.39. The van der Waals surface area contributed by atoms with Gasteiger partial charge in [-0.15, -0.1) is 11.3 Å². The summed E-state index contributed by atoms with van der Waals surface area (Å²) in [5.41, 5.74) is 7.43. The highest BCUT2D eigenvalue weighted by atomic mass is 32.1. The van der Waals surface area contributed by atoms with Crippen molar-refractivity contribution in [2.75, 3.05) is 31.2 Å². The number of halogens is 1. The van der Waals surface area contributed by atoms with Crippen molar-refractivity contribution in [1.82, 2.24) is 14.8 Å². The van der Waals surface area contributed by atoms with Crippen molar-refractivity contribution in [3.8, 4) is 0 Å². The van der Waals surface area contributed by atoms with Gasteiger partial charge in [-0.1, -0.05) is 6.92 Å². The predicted octanol–water partition coefficient (Wildman–Crippen LogP) is 1.61. The Morgan fingerprint density at radius 2 is 1.90 bits per heavy atom. The summed E-state index contributed by atoms with van der Waals surface area (Å²) in [6.07, 6.45) is 1.08. The lowest BCUT2D eigenvalue weighted by atomic mass is 10.1. The minimum atomic E-state index is -0.761. The molecule has 2 aromatic rings. The van der Waals surface area contributed by atoms with Gasteiger partial charge in [-0.25, -0.2) is 9.37 Å². The average molecular weight is 445 g/mol. The highest BCUT2D eigenvalue weighted by molar-refractivity contribution is 7.09. The number of nitrogens with zero attached hydrogens (tertiary/aromatic N) is 5. The topological polar surface area (TPSA) is 95.1 Å². The van der Waals surface area contributed by atoms with E-state index in [9.17, 15) is 14.0 Å². The molecule has 1 atom stereocenters. The molecule has 1 fully saturated rings. The zero-order valence-corrected chi connectivity index (χ0v) is 18.1. The highest BCUT2D eigenvalue weighted by Crippen LogP contribution is 2.25. The first-order chi connectivity index (χ1) is 14.9. The number of aromatic nitrogens is 1. The summed E-state index contributed by atoms with van der Waals surface area (Å²) < 4.78 is 13.3. The van der Waals surface area contributed by atoms with E-state index in [2.05, 4.69) is 27.3 Å². The Kier molecular flexibility index (Phi) is 6.28. The fraction of sp³-hybridized carbons (Fsp3) is 0.429. The molecule has 2 amide bonds. The number of thiazole rings is 1. The number of hydrogen-bond donors (Lipinski definition) is 1. The summed E-state index contributed by atoms with van der Waals surface area (Å²) in [7, 11) is 0. The van der Waals surface area contributed by atoms with Crippen LogP contribution < -0.4 is 10.7 Å². The van der Waals surface area contributed by atoms with Crippen LogP contribution in [-0.4, -0.2) is 64.5 Å². The summed E-state index contributed by atoms with van der Waals surface area (Å²) in [5, 5.41) is 9.03. The second-order valence-electron chi connectivity index (χ2n) is 7.64. The van der Waals surface area contributed by atoms with Gasteiger partial charge in [0.25, 0.3) is 5.91 Å². The maximum absolute atomic E-state index is 13.3. The zero-order valence-electron chi connectivity index (χ0n) is 17.3. The quantitative estimate of drug-likeness (QED) is 0.730. The van der Waals surface area contributed by atoms with Gasteiger partial charge in [-0.3, -0.25) is 19.5 Å². The third-order valence-corrected chi connectivity index (χ3v) is 6.57. The summed E-state index contributed by atoms with van der Waals surface area (Å²) >= 11 is 1.68. The van der Waals surface area contributed by atoms with Gasteiger partial charge in [0.1, 0.15) is 17.6 Å². The van der Waals surface area contributed by atoms with E-state index in [1.807, 2.05) is 0 Å². The van der Waals surface area contributed by atoms with E-state index in [4.69, 9.17) is 5.73 Å². The van der Waals surface area contributed by atoms with E-state index in [1.54, 1.807) is 16.2 Å². The first-order valence-electron chi connectivity index (χ1n) is 10.3. The molecule has 4 rings (SSSR count). The Morgan fingerprint density at radius 1 is 1.19 bits per heavy atom. The molecule has 2 N–H and O–H groups in total. The highest BCUT2D eigenvalue weighted by Gasteiger charge is 2.37. The molecule has 2 aliphatic heterocycles. The summed E-state index contributed by atoms with van der Waals surface area (Å²) in [5.74, 6) is -1.15. The van der Waals surface area contributed by atoms with Gasteiger partial charge >= 0.3 is 0 Å². The van der Waals surface area contributed by atoms with Crippen molar-refractivity contribution in [3.05, 3.63) is 46.2 Å². The molecule has 0 aliphatic carbocycles. The normalized spacial score (nSPS) is 19.5. The van der Waals surface area contributed by atoms with Gasteiger partial charge < -0.3 is 10.6 Å². The van der Waals surface area contributed by atoms with Crippen LogP contribution in [0, 0.1) is 5.82 Å². The van der Waals surface area contributed by atoms with E-state index in [0.717, 1.165) is 36.8 Å². The smallest absolute Gasteiger partial charge is 0.270 e. The molecule has 1 saturated heterocycles. The van der Waals surface area contributed by atoms with Crippen LogP contribution in [0.3, 0.4) is 0 Å². The van der Waals surface area contributed by atoms with Crippen molar-refractivity contribution in [2.24, 2.45) is 10.8 Å². The van der Waals surface area contributed by atoms with Crippen LogP contribution in [0.25, 0.3) is 0 Å². The lowest BCUT2D eigenvalue weighted by Crippen LogP contribution is -2.50. The van der Waals surface area contributed by atoms with E-state index < -0.39 is 11.9 Å². The predicted molar refractivity (Wildman–Crippen MR) is 117 cm³/mol. The fourth-order valence-corrected chi connectivity index (χ4v) is 4.53. The van der Waals surface area contributed by atoms with Crippen LogP contribution in [-0.2, 0) is 22.6 Å². The molecule has 164 valence electrons. The summed E-state index contributed by atoms with van der Waals surface area (Å²) in [6.45, 7) is 5.54. The Labute approximate surface area is 184 Å². The number of carbonyl (C=O) groups excluding carboxylic acids is 2. The van der Waals surface area contributed by atoms with E-state index in [1.165, 1.54) is 29.3 Å². The molecule has 0 radical (unpaired) electrons. The standard InChI is InChI=1S/C21H25FN6O2S/c1-2-19-24-15(13-31-19)12-26-7-9-27(10-8-26)21(30)17-11-18(20(23)29)28(25-17)16-5-3-14(22)4-6-16/h3-6,13,18H,2,7-12H2,1H3,(H2,23,29). The molecule has 0 saturated carbocycles. The monoisotopic (exact) mass is 444 g/mol. The lowest BCUT2D eigenvalue weighted by molar-refractivity contribution is -0.125. The fourth-order valence-electron chi connectivity index (χ4n) is 3.80. The molecular weight excluding hydrogens is 419 g/mol. The van der Waals surface area contributed by atoms with Crippen LogP contribution in [0.5, 0.6) is 0 Å². The maximum atomic E-state index is 13.3. The number of benzene rings is 1. The first kappa shape index (κ1) is 21.4. The molecule has 0 bridgehead atoms. The van der Waals surface area contributed by atoms with Gasteiger partial charge in [0, 0.05) is 44.5 Å². The Morgan fingerprint density at radius 3 is 2.52 bits per heavy atom. The lowest BCUT2D eigenvalue weighted by Gasteiger charge is -2.34. The maximum Gasteiger partial charge on any atom is 0.270 e. The number of hydrogen-bond acceptors (Lipinski definition) is 7. The second-order valence-corrected chi connectivity index (χ2v) is 8.59. The van der Waals surface area contributed by atoms with E-state index >= 15 is 0 Å². The molecule has 10 heteroatoms. The molecule has 2 aliphatic rings. The van der Waals surface area contributed by atoms with Crippen molar-refractivity contribution in [1.29, 1.82) is 0 Å². The van der Waals surface area contributed by atoms with Crippen molar-refractivity contribution >= 4 is 34.6 Å². The number of primary amides is 1. The van der Waals surface area contributed by atoms with Crippen LogP contribution in [0.1, 0.15) is 24.0 Å². The van der Waals surface area contributed by atoms with E-state index in [-0.39, 0.29) is 18.1 Å². The van der Waals surface area contributed by atoms with Gasteiger partial charge in [0.05, 0.1) is 16.4 Å². The molecule has 0 spiro atoms. The summed E-state index contributed by atoms with van der Waals surface area (Å²) in [6, 6.07) is 4.84. The number of hydrazone groups is 1. The SMILES string of the molecule is CCc1nc(CN2CCN(C(=O)C3=NN(c4ccc(F)cc4)C(C(N)=O)C3)CC2)cs1. The Hall–Kier alpha value is -2.85. The molecule has 1 aromatic heterocycles. The first-order valence-corrected chi connectivity index (χ1v) is 11.2. The minimum absolute atomic E-state index is 0.143. The largest absolute Gasteiger partial charge is 0.368 e. The van der Waals surface area contributed by atoms with Gasteiger partial charge in [0.15, 0.2) is 0 Å². The van der Waals surface area contributed by atoms with Crippen LogP contribution in [0.15, 0.2) is 34.7 Å². The van der Waals surface area contributed by atoms with Crippen LogP contribution in [0.4, 0.5) is 10.1 Å². The van der Waals surface area contributed by atoms with Crippen molar-refractivity contribution in [2.45, 2.75) is 32.4 Å². The van der Waals surface area contributed by atoms with Gasteiger partial charge in [0.2, 0.25) is 5.91 Å². The Bertz CT molecular complexity index is 984. The summed E-state index contributed by atoms with van der Waals surface area (Å²) in [4.78, 5) is 33.6. The molecule has 1 aromatic carbocycles. The van der Waals surface area contributed by atoms with Gasteiger partial charge in [-0.2, -0.15) is 5.10 Å². The number of rotatable bonds is 6. The molecular formula is C21H25FN6O2S. The number of carbonyl (C=O) groups is 2. The number of nitrogens with two attached hydrogens (primary N) is 1.